The Morgan fingerprint density at radius 3 is 1.73 bits per heavy atom. The van der Waals surface area contributed by atoms with Gasteiger partial charge in [-0.25, -0.2) is 0 Å². The number of hydrogen-bond donors (Lipinski definition) is 0. The predicted molar refractivity (Wildman–Crippen MR) is 247 cm³/mol. The summed E-state index contributed by atoms with van der Waals surface area (Å²) < 4.78 is 12.9. The molecule has 0 N–H and O–H groups in total. The van der Waals surface area contributed by atoms with Crippen molar-refractivity contribution in [2.24, 2.45) is 0 Å². The zero-order chi connectivity index (χ0) is 38.9. The Balaban J connectivity index is 0.937. The number of para-hydroxylation sites is 1. The second kappa shape index (κ2) is 13.4. The Hall–Kier alpha value is -7.88. The summed E-state index contributed by atoms with van der Waals surface area (Å²) in [6.07, 6.45) is 0. The highest BCUT2D eigenvalue weighted by Gasteiger charge is 2.18. The second-order valence-corrected chi connectivity index (χ2v) is 15.3. The maximum atomic E-state index is 6.70. The van der Waals surface area contributed by atoms with Crippen molar-refractivity contribution < 1.29 is 8.83 Å². The minimum atomic E-state index is 0.883. The summed E-state index contributed by atoms with van der Waals surface area (Å²) in [6, 6.07) is 75.7. The van der Waals surface area contributed by atoms with Gasteiger partial charge in [-0.2, -0.15) is 0 Å². The summed E-state index contributed by atoms with van der Waals surface area (Å²) in [5, 5.41) is 9.25. The lowest BCUT2D eigenvalue weighted by molar-refractivity contribution is 0.669. The fourth-order valence-corrected chi connectivity index (χ4v) is 9.01. The first-order valence-electron chi connectivity index (χ1n) is 20.1. The van der Waals surface area contributed by atoms with Crippen molar-refractivity contribution in [3.8, 4) is 33.4 Å². The molecule has 3 nitrogen and oxygen atoms in total. The fourth-order valence-electron chi connectivity index (χ4n) is 9.01. The lowest BCUT2D eigenvalue weighted by Gasteiger charge is -2.26. The van der Waals surface area contributed by atoms with Crippen LogP contribution < -0.4 is 4.90 Å². The monoisotopic (exact) mass is 753 g/mol. The average molecular weight is 754 g/mol. The molecule has 0 aliphatic heterocycles. The van der Waals surface area contributed by atoms with Crippen LogP contribution in [0.25, 0.3) is 98.8 Å². The van der Waals surface area contributed by atoms with E-state index in [0.29, 0.717) is 0 Å². The van der Waals surface area contributed by atoms with E-state index >= 15 is 0 Å². The van der Waals surface area contributed by atoms with E-state index in [0.717, 1.165) is 88.6 Å². The van der Waals surface area contributed by atoms with Gasteiger partial charge in [0.05, 0.1) is 0 Å². The van der Waals surface area contributed by atoms with Gasteiger partial charge in [-0.1, -0.05) is 146 Å². The van der Waals surface area contributed by atoms with Gasteiger partial charge in [0.2, 0.25) is 0 Å². The summed E-state index contributed by atoms with van der Waals surface area (Å²) >= 11 is 0. The van der Waals surface area contributed by atoms with E-state index in [-0.39, 0.29) is 0 Å². The van der Waals surface area contributed by atoms with Crippen molar-refractivity contribution in [3.05, 3.63) is 212 Å². The van der Waals surface area contributed by atoms with Gasteiger partial charge in [0.15, 0.2) is 0 Å². The number of hydrogen-bond acceptors (Lipinski definition) is 3. The largest absolute Gasteiger partial charge is 0.456 e. The standard InChI is InChI=1S/C56H35NO2/c1-2-12-38(13-3-1)50-35-51-47-32-26-41(34-54(47)59-56(51)48-16-7-6-15-46(48)50)37-21-27-42(28-22-37)57(44-31-23-36-11-4-5-14-40(36)33-44)43-29-24-39(25-30-43)45-18-10-20-53-55(45)49-17-8-9-19-52(49)58-53/h1-35H. The lowest BCUT2D eigenvalue weighted by atomic mass is 9.95. The van der Waals surface area contributed by atoms with E-state index < -0.39 is 0 Å². The molecule has 59 heavy (non-hydrogen) atoms. The van der Waals surface area contributed by atoms with Gasteiger partial charge < -0.3 is 13.7 Å². The highest BCUT2D eigenvalue weighted by Crippen LogP contribution is 2.43. The molecule has 0 saturated carbocycles. The van der Waals surface area contributed by atoms with Gasteiger partial charge >= 0.3 is 0 Å². The molecular weight excluding hydrogens is 719 g/mol. The summed E-state index contributed by atoms with van der Waals surface area (Å²) in [6.45, 7) is 0. The van der Waals surface area contributed by atoms with Gasteiger partial charge in [-0.15, -0.1) is 0 Å². The van der Waals surface area contributed by atoms with Crippen LogP contribution in [0.3, 0.4) is 0 Å². The number of rotatable bonds is 6. The molecule has 0 amide bonds. The normalized spacial score (nSPS) is 11.7. The van der Waals surface area contributed by atoms with E-state index in [4.69, 9.17) is 8.83 Å². The molecule has 0 aliphatic carbocycles. The molecule has 2 aromatic heterocycles. The first kappa shape index (κ1) is 33.3. The van der Waals surface area contributed by atoms with E-state index in [1.54, 1.807) is 0 Å². The molecule has 2 heterocycles. The van der Waals surface area contributed by atoms with Crippen LogP contribution in [0, 0.1) is 0 Å². The minimum Gasteiger partial charge on any atom is -0.456 e. The zero-order valence-electron chi connectivity index (χ0n) is 32.0. The van der Waals surface area contributed by atoms with E-state index in [1.807, 2.05) is 12.1 Å². The summed E-state index contributed by atoms with van der Waals surface area (Å²) in [5.41, 5.74) is 13.8. The molecule has 0 aliphatic rings. The topological polar surface area (TPSA) is 29.5 Å². The SMILES string of the molecule is c1ccc(-c2cc3c4ccc(-c5ccc(N(c6ccc(-c7cccc8oc9ccccc9c78)cc6)c6ccc7ccccc7c6)cc5)cc4oc3c3ccccc23)cc1. The Morgan fingerprint density at radius 2 is 0.915 bits per heavy atom. The van der Waals surface area contributed by atoms with Crippen molar-refractivity contribution in [3.63, 3.8) is 0 Å². The first-order valence-corrected chi connectivity index (χ1v) is 20.1. The van der Waals surface area contributed by atoms with Crippen LogP contribution in [0.2, 0.25) is 0 Å². The molecule has 0 saturated heterocycles. The Bertz CT molecular complexity index is 3540. The fraction of sp³-hybridized carbons (Fsp3) is 0. The molecule has 3 heteroatoms. The molecule has 0 radical (unpaired) electrons. The molecule has 0 fully saturated rings. The molecule has 0 spiro atoms. The lowest BCUT2D eigenvalue weighted by Crippen LogP contribution is -2.09. The van der Waals surface area contributed by atoms with Crippen molar-refractivity contribution in [2.75, 3.05) is 4.90 Å². The predicted octanol–water partition coefficient (Wildman–Crippen LogP) is 16.3. The number of fused-ring (bicyclic) bond motifs is 9. The highest BCUT2D eigenvalue weighted by molar-refractivity contribution is 6.19. The quantitative estimate of drug-likeness (QED) is 0.169. The maximum absolute atomic E-state index is 6.70. The third kappa shape index (κ3) is 5.51. The van der Waals surface area contributed by atoms with Crippen LogP contribution in [-0.2, 0) is 0 Å². The highest BCUT2D eigenvalue weighted by atomic mass is 16.3. The molecule has 0 unspecified atom stereocenters. The molecular formula is C56H35NO2. The number of benzene rings is 10. The van der Waals surface area contributed by atoms with Gasteiger partial charge in [-0.3, -0.25) is 0 Å². The van der Waals surface area contributed by atoms with E-state index in [2.05, 4.69) is 205 Å². The third-order valence-electron chi connectivity index (χ3n) is 11.9. The number of nitrogens with zero attached hydrogens (tertiary/aromatic N) is 1. The maximum Gasteiger partial charge on any atom is 0.143 e. The second-order valence-electron chi connectivity index (χ2n) is 15.3. The summed E-state index contributed by atoms with van der Waals surface area (Å²) in [5.74, 6) is 0. The van der Waals surface area contributed by atoms with Crippen molar-refractivity contribution >= 4 is 82.5 Å². The van der Waals surface area contributed by atoms with Gasteiger partial charge in [-0.05, 0) is 116 Å². The first-order chi connectivity index (χ1) is 29.2. The Labute approximate surface area is 340 Å². The molecule has 0 bridgehead atoms. The van der Waals surface area contributed by atoms with Gasteiger partial charge in [0.25, 0.3) is 0 Å². The molecule has 12 rings (SSSR count). The van der Waals surface area contributed by atoms with Crippen LogP contribution in [0.15, 0.2) is 221 Å². The van der Waals surface area contributed by atoms with Crippen molar-refractivity contribution in [1.82, 2.24) is 0 Å². The Morgan fingerprint density at radius 1 is 0.288 bits per heavy atom. The van der Waals surface area contributed by atoms with Crippen LogP contribution >= 0.6 is 0 Å². The Kier molecular flexibility index (Phi) is 7.54. The average Bonchev–Trinajstić information content (AvgIpc) is 3.88. The van der Waals surface area contributed by atoms with E-state index in [1.165, 1.54) is 27.3 Å². The number of furan rings is 2. The van der Waals surface area contributed by atoms with E-state index in [9.17, 15) is 0 Å². The van der Waals surface area contributed by atoms with Crippen molar-refractivity contribution in [1.29, 1.82) is 0 Å². The van der Waals surface area contributed by atoms with Crippen LogP contribution in [-0.4, -0.2) is 0 Å². The molecule has 276 valence electrons. The molecule has 10 aromatic carbocycles. The smallest absolute Gasteiger partial charge is 0.143 e. The third-order valence-corrected chi connectivity index (χ3v) is 11.9. The molecule has 0 atom stereocenters. The van der Waals surface area contributed by atoms with Crippen LogP contribution in [0.5, 0.6) is 0 Å². The zero-order valence-corrected chi connectivity index (χ0v) is 32.0. The van der Waals surface area contributed by atoms with Gasteiger partial charge in [0, 0.05) is 44.0 Å². The van der Waals surface area contributed by atoms with Gasteiger partial charge in [0.1, 0.15) is 22.3 Å². The van der Waals surface area contributed by atoms with Crippen LogP contribution in [0.1, 0.15) is 0 Å². The molecule has 12 aromatic rings. The minimum absolute atomic E-state index is 0.883. The number of anilines is 3. The summed E-state index contributed by atoms with van der Waals surface area (Å²) in [7, 11) is 0. The van der Waals surface area contributed by atoms with Crippen LogP contribution in [0.4, 0.5) is 17.1 Å². The summed E-state index contributed by atoms with van der Waals surface area (Å²) in [4.78, 5) is 2.34. The van der Waals surface area contributed by atoms with Crippen molar-refractivity contribution in [2.45, 2.75) is 0 Å².